The number of hydrogen-bond donors (Lipinski definition) is 9. The molecule has 8 rings (SSSR count). The molecule has 0 saturated heterocycles. The van der Waals surface area contributed by atoms with Gasteiger partial charge in [0.25, 0.3) is 0 Å². The smallest absolute Gasteiger partial charge is 0.744 e. The van der Waals surface area contributed by atoms with Gasteiger partial charge in [-0.2, -0.15) is 20.5 Å². The van der Waals surface area contributed by atoms with E-state index in [4.69, 9.17) is 21.7 Å². The number of nitrogens with two attached hydrogens (primary N) is 2. The summed E-state index contributed by atoms with van der Waals surface area (Å²) < 4.78 is 112. The molecule has 0 aliphatic carbocycles. The van der Waals surface area contributed by atoms with Crippen LogP contribution < -0.4 is 116 Å². The summed E-state index contributed by atoms with van der Waals surface area (Å²) >= 11 is 0. The van der Waals surface area contributed by atoms with Crippen molar-refractivity contribution in [1.29, 1.82) is 0 Å². The van der Waals surface area contributed by atoms with Crippen LogP contribution in [0.3, 0.4) is 0 Å². The Bertz CT molecular complexity index is 4110. The maximum absolute atomic E-state index is 12.5. The Morgan fingerprint density at radius 3 is 1.21 bits per heavy atom. The number of benzene rings is 8. The molecule has 0 heterocycles. The quantitative estimate of drug-likeness (QED) is 0.0230. The molecular weight excluding hydrogens is 1130 g/mol. The Labute approximate surface area is 522 Å². The van der Waals surface area contributed by atoms with Crippen LogP contribution in [-0.2, 0) is 30.4 Å². The molecule has 80 heavy (non-hydrogen) atoms. The third-order valence-electron chi connectivity index (χ3n) is 11.0. The van der Waals surface area contributed by atoms with E-state index in [2.05, 4.69) is 56.9 Å². The third kappa shape index (κ3) is 15.9. The number of hydrogen-bond acceptors (Lipinski definition) is 26. The maximum Gasteiger partial charge on any atom is 1.00 e. The van der Waals surface area contributed by atoms with Crippen LogP contribution in [0.5, 0.6) is 11.5 Å². The van der Waals surface area contributed by atoms with Gasteiger partial charge in [-0.25, -0.2) is 25.3 Å². The number of fused-ring (bicyclic) bond motifs is 2. The van der Waals surface area contributed by atoms with Crippen molar-refractivity contribution in [2.45, 2.75) is 14.7 Å². The van der Waals surface area contributed by atoms with Gasteiger partial charge in [-0.05, 0) is 126 Å². The molecule has 26 nitrogen and oxygen atoms in total. The second-order valence-electron chi connectivity index (χ2n) is 16.3. The zero-order valence-electron chi connectivity index (χ0n) is 42.4. The van der Waals surface area contributed by atoms with Gasteiger partial charge in [0.05, 0.1) is 67.7 Å². The summed E-state index contributed by atoms with van der Waals surface area (Å²) in [6.07, 6.45) is 0. The zero-order chi connectivity index (χ0) is 55.2. The number of aromatic hydroxyl groups is 2. The van der Waals surface area contributed by atoms with E-state index in [1.54, 1.807) is 36.4 Å². The van der Waals surface area contributed by atoms with Crippen molar-refractivity contribution in [3.05, 3.63) is 127 Å². The number of aliphatic hydroxyl groups excluding tert-OH is 2. The fraction of sp³-hybridized carbons (Fsp3) is 0.0833. The number of nitrogens with one attached hydrogen (secondary N) is 3. The molecule has 32 heteroatoms. The summed E-state index contributed by atoms with van der Waals surface area (Å²) in [5.74, 6) is -1.53. The van der Waals surface area contributed by atoms with E-state index in [0.717, 1.165) is 24.3 Å². The predicted molar refractivity (Wildman–Crippen MR) is 281 cm³/mol. The Morgan fingerprint density at radius 1 is 0.425 bits per heavy atom. The molecule has 0 unspecified atom stereocenters. The topological polar surface area (TPSA) is 440 Å². The first kappa shape index (κ1) is 64.7. The molecule has 8 aromatic carbocycles. The number of anilines is 6. The third-order valence-corrected chi connectivity index (χ3v) is 13.6. The molecule has 0 atom stereocenters. The van der Waals surface area contributed by atoms with Gasteiger partial charge < -0.3 is 61.5 Å². The minimum Gasteiger partial charge on any atom is -0.744 e. The van der Waals surface area contributed by atoms with Crippen molar-refractivity contribution in [1.82, 2.24) is 0 Å². The Kier molecular flexibility index (Phi) is 22.3. The van der Waals surface area contributed by atoms with Gasteiger partial charge >= 0.3 is 88.7 Å². The van der Waals surface area contributed by atoms with Crippen LogP contribution in [0.15, 0.2) is 183 Å². The summed E-state index contributed by atoms with van der Waals surface area (Å²) in [7, 11) is -15.8. The molecule has 0 bridgehead atoms. The first-order valence-electron chi connectivity index (χ1n) is 22.2. The number of phenolic OH excluding ortho intramolecular Hbond substituents is 2. The molecule has 0 radical (unpaired) electrons. The van der Waals surface area contributed by atoms with E-state index < -0.39 is 67.9 Å². The van der Waals surface area contributed by atoms with Crippen molar-refractivity contribution in [3.8, 4) is 11.5 Å². The van der Waals surface area contributed by atoms with Gasteiger partial charge in [-0.15, -0.1) is 20.5 Å². The normalized spacial score (nSPS) is 12.0. The first-order chi connectivity index (χ1) is 36.6. The van der Waals surface area contributed by atoms with Crippen molar-refractivity contribution in [3.63, 3.8) is 0 Å². The van der Waals surface area contributed by atoms with Gasteiger partial charge in [0.2, 0.25) is 0 Å². The SMILES string of the molecule is Nc1cc(NCCO)ccc1N=Nc1ccc2cc(S(=O)(=O)[O-])c(N=Nc3ccc(Nc4ccc(N=Nc5c(S(=O)(=O)[O-])cc6ccc(N=Nc7ccc(NCCO)cc7N)cc6c5O)cc4S(=O)(=O)[O-])cc3)c(O)c2c1.[Na+].[Na+].[Na+]. The van der Waals surface area contributed by atoms with E-state index in [1.165, 1.54) is 66.7 Å². The number of rotatable bonds is 19. The summed E-state index contributed by atoms with van der Waals surface area (Å²) in [5, 5.41) is 81.7. The number of nitrogens with zero attached hydrogens (tertiary/aromatic N) is 8. The van der Waals surface area contributed by atoms with Crippen LogP contribution in [0.25, 0.3) is 21.5 Å². The van der Waals surface area contributed by atoms with Gasteiger partial charge in [0, 0.05) is 40.9 Å². The van der Waals surface area contributed by atoms with Crippen LogP contribution in [0.1, 0.15) is 0 Å². The molecule has 0 fully saturated rings. The van der Waals surface area contributed by atoms with Gasteiger partial charge in [-0.1, -0.05) is 12.1 Å². The second kappa shape index (κ2) is 27.6. The zero-order valence-corrected chi connectivity index (χ0v) is 50.8. The number of azo groups is 4. The van der Waals surface area contributed by atoms with E-state index in [-0.39, 0.29) is 175 Å². The maximum atomic E-state index is 12.5. The Hall–Kier alpha value is -6.07. The molecule has 396 valence electrons. The summed E-state index contributed by atoms with van der Waals surface area (Å²) in [6, 6.07) is 28.5. The average Bonchev–Trinajstić information content (AvgIpc) is 3.41. The summed E-state index contributed by atoms with van der Waals surface area (Å²) in [6.45, 7) is 0.409. The van der Waals surface area contributed by atoms with E-state index in [0.29, 0.717) is 30.2 Å². The molecule has 0 amide bonds. The second-order valence-corrected chi connectivity index (χ2v) is 20.4. The standard InChI is InChI=1S/C48H43N13O13S3.3Na/c49-37-23-30(51-15-17-62)9-12-39(37)58-55-32-3-1-26-19-43(76(69,70)71)45(47(64)35(26)21-32)60-54-29-7-5-28(6-8-29)53-41-14-11-34(25-42(41)75(66,67)68)57-61-46-44(77(72,73)74)20-27-2-4-33(22-36(27)48(46)65)56-59-40-13-10-31(24-38(40)50)52-16-18-63;;;/h1-14,19-25,51-53,62-65H,15-18,49-50H2,(H,66,67,68)(H,69,70,71)(H,72,73,74);;;/q;3*+1/p-3. The van der Waals surface area contributed by atoms with Crippen LogP contribution in [0, 0.1) is 0 Å². The summed E-state index contributed by atoms with van der Waals surface area (Å²) in [4.78, 5) is -2.70. The van der Waals surface area contributed by atoms with Crippen molar-refractivity contribution in [2.75, 3.05) is 53.7 Å². The van der Waals surface area contributed by atoms with Gasteiger partial charge in [0.15, 0.2) is 11.5 Å². The molecule has 0 aliphatic rings. The van der Waals surface area contributed by atoms with Crippen LogP contribution in [0.2, 0.25) is 0 Å². The average molecular weight is 1170 g/mol. The van der Waals surface area contributed by atoms with Crippen molar-refractivity contribution >= 4 is 132 Å². The largest absolute Gasteiger partial charge is 1.00 e. The molecule has 0 spiro atoms. The van der Waals surface area contributed by atoms with Crippen LogP contribution in [-0.4, -0.2) is 85.6 Å². The van der Waals surface area contributed by atoms with Crippen molar-refractivity contribution in [2.24, 2.45) is 40.9 Å². The van der Waals surface area contributed by atoms with Gasteiger partial charge in [0.1, 0.15) is 53.1 Å². The molecule has 0 saturated carbocycles. The van der Waals surface area contributed by atoms with Crippen molar-refractivity contribution < 1.29 is 148 Å². The number of phenols is 2. The molecule has 0 aliphatic heterocycles. The van der Waals surface area contributed by atoms with E-state index in [9.17, 15) is 49.1 Å². The fourth-order valence-electron chi connectivity index (χ4n) is 7.36. The minimum absolute atomic E-state index is 0. The monoisotopic (exact) mass is 1170 g/mol. The van der Waals surface area contributed by atoms with Crippen LogP contribution >= 0.6 is 0 Å². The molecule has 8 aromatic rings. The molecular formula is C48H40N13Na3O13S3. The Balaban J connectivity index is 0.00000392. The number of nitrogen functional groups attached to an aromatic ring is 2. The van der Waals surface area contributed by atoms with E-state index >= 15 is 0 Å². The molecule has 0 aromatic heterocycles. The van der Waals surface area contributed by atoms with E-state index in [1.807, 2.05) is 0 Å². The van der Waals surface area contributed by atoms with Crippen LogP contribution in [0.4, 0.5) is 79.6 Å². The fourth-order valence-corrected chi connectivity index (χ4v) is 9.30. The Morgan fingerprint density at radius 2 is 0.800 bits per heavy atom. The predicted octanol–water partition coefficient (Wildman–Crippen LogP) is 0.507. The first-order valence-corrected chi connectivity index (χ1v) is 26.5. The molecule has 11 N–H and O–H groups in total. The summed E-state index contributed by atoms with van der Waals surface area (Å²) in [5.41, 5.74) is 13.1. The minimum atomic E-state index is -5.32. The number of aliphatic hydroxyl groups is 2. The van der Waals surface area contributed by atoms with Gasteiger partial charge in [-0.3, -0.25) is 0 Å².